The van der Waals surface area contributed by atoms with Gasteiger partial charge >= 0.3 is 0 Å². The monoisotopic (exact) mass is 342 g/mol. The molecule has 1 aliphatic rings. The molecule has 0 unspecified atom stereocenters. The average Bonchev–Trinajstić information content (AvgIpc) is 3.10. The molecule has 6 nitrogen and oxygen atoms in total. The summed E-state index contributed by atoms with van der Waals surface area (Å²) in [6.45, 7) is 3.61. The zero-order chi connectivity index (χ0) is 17.8. The minimum absolute atomic E-state index is 0.0126. The summed E-state index contributed by atoms with van der Waals surface area (Å²) in [7, 11) is 0. The molecule has 0 radical (unpaired) electrons. The molecule has 6 heteroatoms. The number of furan rings is 1. The maximum absolute atomic E-state index is 12.4. The Hall–Kier alpha value is -2.76. The third-order valence-electron chi connectivity index (χ3n) is 4.19. The normalized spacial score (nSPS) is 17.6. The number of carbonyl (C=O) groups excluding carboxylic acids is 2. The van der Waals surface area contributed by atoms with Crippen molar-refractivity contribution in [2.45, 2.75) is 38.8 Å². The van der Waals surface area contributed by atoms with Gasteiger partial charge in [-0.25, -0.2) is 0 Å². The fourth-order valence-electron chi connectivity index (χ4n) is 2.87. The van der Waals surface area contributed by atoms with Gasteiger partial charge in [-0.2, -0.15) is 0 Å². The molecular weight excluding hydrogens is 320 g/mol. The predicted octanol–water partition coefficient (Wildman–Crippen LogP) is 2.53. The Morgan fingerprint density at radius 1 is 1.28 bits per heavy atom. The number of anilines is 1. The van der Waals surface area contributed by atoms with Crippen molar-refractivity contribution in [3.05, 3.63) is 48.4 Å². The fourth-order valence-corrected chi connectivity index (χ4v) is 2.87. The zero-order valence-electron chi connectivity index (χ0n) is 14.4. The minimum atomic E-state index is -0.598. The van der Waals surface area contributed by atoms with Crippen LogP contribution in [0.1, 0.15) is 26.0 Å². The molecule has 0 aliphatic carbocycles. The van der Waals surface area contributed by atoms with Gasteiger partial charge in [0.1, 0.15) is 18.1 Å². The van der Waals surface area contributed by atoms with E-state index in [9.17, 15) is 9.59 Å². The third kappa shape index (κ3) is 4.02. The maximum atomic E-state index is 12.4. The molecule has 0 bridgehead atoms. The quantitative estimate of drug-likeness (QED) is 0.876. The summed E-state index contributed by atoms with van der Waals surface area (Å²) in [4.78, 5) is 26.3. The lowest BCUT2D eigenvalue weighted by Gasteiger charge is -2.32. The number of aryl methyl sites for hydroxylation is 1. The highest BCUT2D eigenvalue weighted by molar-refractivity contribution is 6.03. The van der Waals surface area contributed by atoms with Gasteiger partial charge < -0.3 is 14.5 Å². The van der Waals surface area contributed by atoms with Gasteiger partial charge in [0, 0.05) is 12.5 Å². The Labute approximate surface area is 146 Å². The molecule has 1 aromatic heterocycles. The van der Waals surface area contributed by atoms with E-state index in [2.05, 4.69) is 5.32 Å². The second-order valence-electron chi connectivity index (χ2n) is 6.24. The maximum Gasteiger partial charge on any atom is 0.268 e. The predicted molar refractivity (Wildman–Crippen MR) is 93.5 cm³/mol. The smallest absolute Gasteiger partial charge is 0.268 e. The van der Waals surface area contributed by atoms with E-state index >= 15 is 0 Å². The standard InChI is InChI=1S/C19H22N2O4/c1-13(9-10-15-6-5-11-24-15)20-18(22)12-21-16-7-3-4-8-17(16)25-14(2)19(21)23/h3-8,11,13-14H,9-10,12H2,1-2H3,(H,20,22)/t13-,14+/m1/s1. The number of nitrogens with one attached hydrogen (secondary N) is 1. The highest BCUT2D eigenvalue weighted by Gasteiger charge is 2.32. The molecule has 2 amide bonds. The molecule has 1 aromatic carbocycles. The molecule has 25 heavy (non-hydrogen) atoms. The highest BCUT2D eigenvalue weighted by atomic mass is 16.5. The summed E-state index contributed by atoms with van der Waals surface area (Å²) in [6.07, 6.45) is 2.56. The Balaban J connectivity index is 1.59. The van der Waals surface area contributed by atoms with Crippen LogP contribution in [-0.2, 0) is 16.0 Å². The van der Waals surface area contributed by atoms with Crippen LogP contribution < -0.4 is 15.0 Å². The van der Waals surface area contributed by atoms with Gasteiger partial charge in [0.15, 0.2) is 6.10 Å². The number of hydrogen-bond acceptors (Lipinski definition) is 4. The summed E-state index contributed by atoms with van der Waals surface area (Å²) >= 11 is 0. The van der Waals surface area contributed by atoms with Crippen molar-refractivity contribution >= 4 is 17.5 Å². The van der Waals surface area contributed by atoms with Crippen LogP contribution in [-0.4, -0.2) is 30.5 Å². The third-order valence-corrected chi connectivity index (χ3v) is 4.19. The van der Waals surface area contributed by atoms with Gasteiger partial charge in [-0.3, -0.25) is 14.5 Å². The van der Waals surface area contributed by atoms with Gasteiger partial charge in [0.05, 0.1) is 12.0 Å². The molecule has 0 spiro atoms. The highest BCUT2D eigenvalue weighted by Crippen LogP contribution is 2.33. The van der Waals surface area contributed by atoms with Crippen molar-refractivity contribution in [1.82, 2.24) is 5.32 Å². The minimum Gasteiger partial charge on any atom is -0.479 e. The Kier molecular flexibility index (Phi) is 5.07. The molecule has 132 valence electrons. The number of amides is 2. The van der Waals surface area contributed by atoms with Crippen LogP contribution in [0.15, 0.2) is 47.1 Å². The van der Waals surface area contributed by atoms with E-state index in [1.165, 1.54) is 4.90 Å². The molecular formula is C19H22N2O4. The van der Waals surface area contributed by atoms with Crippen LogP contribution >= 0.6 is 0 Å². The Morgan fingerprint density at radius 3 is 2.84 bits per heavy atom. The Morgan fingerprint density at radius 2 is 2.08 bits per heavy atom. The SMILES string of the molecule is C[C@H](CCc1ccco1)NC(=O)CN1C(=O)[C@H](C)Oc2ccccc21. The zero-order valence-corrected chi connectivity index (χ0v) is 14.4. The summed E-state index contributed by atoms with van der Waals surface area (Å²) in [5.41, 5.74) is 0.629. The van der Waals surface area contributed by atoms with E-state index in [4.69, 9.17) is 9.15 Å². The molecule has 2 aromatic rings. The van der Waals surface area contributed by atoms with Crippen LogP contribution in [0.4, 0.5) is 5.69 Å². The fraction of sp³-hybridized carbons (Fsp3) is 0.368. The Bertz CT molecular complexity index is 742. The van der Waals surface area contributed by atoms with Gasteiger partial charge in [0.2, 0.25) is 5.91 Å². The van der Waals surface area contributed by atoms with Crippen molar-refractivity contribution in [2.75, 3.05) is 11.4 Å². The second-order valence-corrected chi connectivity index (χ2v) is 6.24. The number of nitrogens with zero attached hydrogens (tertiary/aromatic N) is 1. The molecule has 0 saturated carbocycles. The summed E-state index contributed by atoms with van der Waals surface area (Å²) < 4.78 is 10.9. The van der Waals surface area contributed by atoms with E-state index in [-0.39, 0.29) is 24.4 Å². The van der Waals surface area contributed by atoms with Gasteiger partial charge in [-0.15, -0.1) is 0 Å². The molecule has 2 atom stereocenters. The van der Waals surface area contributed by atoms with Crippen LogP contribution in [0.5, 0.6) is 5.75 Å². The largest absolute Gasteiger partial charge is 0.479 e. The first-order chi connectivity index (χ1) is 12.0. The average molecular weight is 342 g/mol. The lowest BCUT2D eigenvalue weighted by molar-refractivity contribution is -0.128. The number of fused-ring (bicyclic) bond motifs is 1. The van der Waals surface area contributed by atoms with E-state index < -0.39 is 6.10 Å². The van der Waals surface area contributed by atoms with E-state index in [1.54, 1.807) is 25.3 Å². The van der Waals surface area contributed by atoms with Crippen LogP contribution in [0.3, 0.4) is 0 Å². The molecule has 0 saturated heterocycles. The number of ether oxygens (including phenoxy) is 1. The van der Waals surface area contributed by atoms with Crippen LogP contribution in [0.25, 0.3) is 0 Å². The first-order valence-electron chi connectivity index (χ1n) is 8.43. The lowest BCUT2D eigenvalue weighted by Crippen LogP contribution is -2.49. The van der Waals surface area contributed by atoms with E-state index in [0.29, 0.717) is 11.4 Å². The number of rotatable bonds is 6. The van der Waals surface area contributed by atoms with Crippen molar-refractivity contribution < 1.29 is 18.7 Å². The van der Waals surface area contributed by atoms with Crippen LogP contribution in [0, 0.1) is 0 Å². The van der Waals surface area contributed by atoms with E-state index in [1.807, 2.05) is 31.2 Å². The molecule has 3 rings (SSSR count). The molecule has 1 N–H and O–H groups in total. The first-order valence-corrected chi connectivity index (χ1v) is 8.43. The van der Waals surface area contributed by atoms with Gasteiger partial charge in [-0.1, -0.05) is 12.1 Å². The van der Waals surface area contributed by atoms with Crippen molar-refractivity contribution in [1.29, 1.82) is 0 Å². The van der Waals surface area contributed by atoms with Crippen LogP contribution in [0.2, 0.25) is 0 Å². The summed E-state index contributed by atoms with van der Waals surface area (Å²) in [5.74, 6) is 1.11. The van der Waals surface area contributed by atoms with E-state index in [0.717, 1.165) is 18.6 Å². The summed E-state index contributed by atoms with van der Waals surface area (Å²) in [6, 6.07) is 11.0. The number of benzene rings is 1. The number of carbonyl (C=O) groups is 2. The number of hydrogen-bond donors (Lipinski definition) is 1. The topological polar surface area (TPSA) is 71.8 Å². The molecule has 0 fully saturated rings. The number of para-hydroxylation sites is 2. The molecule has 1 aliphatic heterocycles. The van der Waals surface area contributed by atoms with Gasteiger partial charge in [-0.05, 0) is 44.5 Å². The lowest BCUT2D eigenvalue weighted by atomic mass is 10.1. The molecule has 2 heterocycles. The van der Waals surface area contributed by atoms with Gasteiger partial charge in [0.25, 0.3) is 5.91 Å². The second kappa shape index (κ2) is 7.42. The first kappa shape index (κ1) is 17.1. The van der Waals surface area contributed by atoms with Crippen molar-refractivity contribution in [3.63, 3.8) is 0 Å². The van der Waals surface area contributed by atoms with Crippen molar-refractivity contribution in [3.8, 4) is 5.75 Å². The van der Waals surface area contributed by atoms with Crippen molar-refractivity contribution in [2.24, 2.45) is 0 Å². The summed E-state index contributed by atoms with van der Waals surface area (Å²) in [5, 5.41) is 2.94.